The largest absolute Gasteiger partial charge is 0.354 e. The molecule has 1 aromatic heterocycles. The van der Waals surface area contributed by atoms with E-state index in [1.54, 1.807) is 7.05 Å². The molecule has 5 atom stereocenters. The van der Waals surface area contributed by atoms with Gasteiger partial charge >= 0.3 is 0 Å². The van der Waals surface area contributed by atoms with E-state index in [9.17, 15) is 4.21 Å². The maximum Gasteiger partial charge on any atom is 0.249 e. The van der Waals surface area contributed by atoms with E-state index in [2.05, 4.69) is 44.6 Å². The quantitative estimate of drug-likeness (QED) is 0.704. The van der Waals surface area contributed by atoms with Crippen molar-refractivity contribution in [2.24, 2.45) is 5.41 Å². The Morgan fingerprint density at radius 2 is 2.19 bits per heavy atom. The summed E-state index contributed by atoms with van der Waals surface area (Å²) in [5.41, 5.74) is 4.62. The fourth-order valence-electron chi connectivity index (χ4n) is 7.14. The molecule has 5 heterocycles. The number of nitrogens with zero attached hydrogens (tertiary/aromatic N) is 4. The minimum absolute atomic E-state index is 0.0566. The van der Waals surface area contributed by atoms with Crippen LogP contribution in [0.1, 0.15) is 63.2 Å². The molecule has 0 aromatic carbocycles. The minimum Gasteiger partial charge on any atom is -0.354 e. The lowest BCUT2D eigenvalue weighted by atomic mass is 9.62. The Morgan fingerprint density at radius 3 is 2.91 bits per heavy atom. The lowest BCUT2D eigenvalue weighted by Crippen LogP contribution is -2.61. The molecule has 2 fully saturated rings. The molecular formula is C24H33N5O2S. The molecule has 1 aromatic rings. The molecule has 4 aliphatic heterocycles. The lowest BCUT2D eigenvalue weighted by Gasteiger charge is -2.59. The van der Waals surface area contributed by atoms with Crippen LogP contribution in [0.2, 0.25) is 0 Å². The third-order valence-electron chi connectivity index (χ3n) is 8.67. The van der Waals surface area contributed by atoms with Crippen molar-refractivity contribution in [3.8, 4) is 0 Å². The van der Waals surface area contributed by atoms with Gasteiger partial charge in [0, 0.05) is 33.3 Å². The Balaban J connectivity index is 1.53. The fourth-order valence-corrected chi connectivity index (χ4v) is 8.11. The summed E-state index contributed by atoms with van der Waals surface area (Å²) in [5.74, 6) is 5.40. The van der Waals surface area contributed by atoms with Crippen molar-refractivity contribution in [3.63, 3.8) is 0 Å². The van der Waals surface area contributed by atoms with E-state index in [4.69, 9.17) is 9.51 Å². The van der Waals surface area contributed by atoms with Crippen LogP contribution in [0.15, 0.2) is 38.4 Å². The number of piperidine rings is 2. The van der Waals surface area contributed by atoms with Crippen molar-refractivity contribution in [2.75, 3.05) is 20.1 Å². The van der Waals surface area contributed by atoms with Gasteiger partial charge < -0.3 is 9.42 Å². The molecule has 0 amide bonds. The standard InChI is InChI=1S/C24H33N5O2S/c1-5-24-10-6-11-28-12-9-18-17-8-7-16(32(4,30)25-3)13-19(17)29(21(18)22(24)28)20(14-24)23-26-15(2)27-31-23/h7-8,19-20,22H,4-6,9-14H2,1-3H3,(H,25,30)/t19?,20?,22-,24+,32?/m1/s1. The smallest absolute Gasteiger partial charge is 0.249 e. The molecule has 172 valence electrons. The summed E-state index contributed by atoms with van der Waals surface area (Å²) in [6.07, 6.45) is 10.8. The molecule has 0 saturated carbocycles. The van der Waals surface area contributed by atoms with Crippen LogP contribution in [-0.4, -0.2) is 62.2 Å². The monoisotopic (exact) mass is 455 g/mol. The molecule has 0 radical (unpaired) electrons. The Kier molecular flexibility index (Phi) is 4.56. The third kappa shape index (κ3) is 2.72. The second-order valence-electron chi connectivity index (χ2n) is 10.0. The van der Waals surface area contributed by atoms with Gasteiger partial charge in [-0.25, -0.2) is 8.93 Å². The van der Waals surface area contributed by atoms with Gasteiger partial charge in [-0.2, -0.15) is 4.98 Å². The van der Waals surface area contributed by atoms with Crippen LogP contribution in [0.5, 0.6) is 0 Å². The number of hydrogen-bond acceptors (Lipinski definition) is 6. The highest BCUT2D eigenvalue weighted by Gasteiger charge is 2.59. The molecule has 5 aliphatic rings. The van der Waals surface area contributed by atoms with E-state index < -0.39 is 9.71 Å². The highest BCUT2D eigenvalue weighted by Crippen LogP contribution is 2.61. The van der Waals surface area contributed by atoms with Gasteiger partial charge in [0.15, 0.2) is 5.82 Å². The maximum absolute atomic E-state index is 13.1. The predicted molar refractivity (Wildman–Crippen MR) is 126 cm³/mol. The van der Waals surface area contributed by atoms with Gasteiger partial charge in [0.05, 0.1) is 12.1 Å². The van der Waals surface area contributed by atoms with Crippen LogP contribution in [0.4, 0.5) is 0 Å². The average molecular weight is 456 g/mol. The predicted octanol–water partition coefficient (Wildman–Crippen LogP) is 3.09. The Morgan fingerprint density at radius 1 is 1.34 bits per heavy atom. The zero-order chi connectivity index (χ0) is 22.3. The van der Waals surface area contributed by atoms with Gasteiger partial charge in [0.2, 0.25) is 5.89 Å². The highest BCUT2D eigenvalue weighted by atomic mass is 32.2. The van der Waals surface area contributed by atoms with Crippen molar-refractivity contribution < 1.29 is 8.73 Å². The molecule has 0 bridgehead atoms. The number of aryl methyl sites for hydroxylation is 1. The van der Waals surface area contributed by atoms with Gasteiger partial charge in [-0.3, -0.25) is 4.90 Å². The molecule has 1 aliphatic carbocycles. The molecule has 7 nitrogen and oxygen atoms in total. The van der Waals surface area contributed by atoms with Crippen molar-refractivity contribution in [1.29, 1.82) is 0 Å². The van der Waals surface area contributed by atoms with E-state index in [1.165, 1.54) is 36.2 Å². The average Bonchev–Trinajstić information content (AvgIpc) is 3.39. The van der Waals surface area contributed by atoms with Crippen molar-refractivity contribution in [1.82, 2.24) is 24.7 Å². The van der Waals surface area contributed by atoms with Gasteiger partial charge in [-0.1, -0.05) is 18.2 Å². The van der Waals surface area contributed by atoms with E-state index in [-0.39, 0.29) is 17.5 Å². The molecule has 6 rings (SSSR count). The first-order valence-corrected chi connectivity index (χ1v) is 13.6. The van der Waals surface area contributed by atoms with Crippen molar-refractivity contribution in [3.05, 3.63) is 45.6 Å². The minimum atomic E-state index is -2.47. The zero-order valence-corrected chi connectivity index (χ0v) is 20.1. The second kappa shape index (κ2) is 7.05. The van der Waals surface area contributed by atoms with Gasteiger partial charge in [-0.15, -0.1) is 0 Å². The van der Waals surface area contributed by atoms with Crippen LogP contribution < -0.4 is 4.72 Å². The van der Waals surface area contributed by atoms with Crippen molar-refractivity contribution >= 4 is 15.6 Å². The van der Waals surface area contributed by atoms with Crippen LogP contribution in [-0.2, 0) is 9.71 Å². The Bertz CT molecular complexity index is 1160. The Labute approximate surface area is 190 Å². The summed E-state index contributed by atoms with van der Waals surface area (Å²) in [5, 5.41) is 4.15. The SMILES string of the molecule is C=S(=O)(NC)C1=CC=C2C3=C4[C@H]5N(CCC[C@@]5(CC)CC(c5nc(C)no5)N4C2C1)CC3. The molecule has 32 heavy (non-hydrogen) atoms. The fraction of sp³-hybridized carbons (Fsp3) is 0.625. The van der Waals surface area contributed by atoms with Gasteiger partial charge in [0.25, 0.3) is 0 Å². The van der Waals surface area contributed by atoms with Crippen LogP contribution in [0, 0.1) is 12.3 Å². The highest BCUT2D eigenvalue weighted by molar-refractivity contribution is 8.02. The molecule has 8 heteroatoms. The summed E-state index contributed by atoms with van der Waals surface area (Å²) >= 11 is 0. The van der Waals surface area contributed by atoms with Crippen LogP contribution in [0.3, 0.4) is 0 Å². The third-order valence-corrected chi connectivity index (χ3v) is 10.5. The van der Waals surface area contributed by atoms with E-state index >= 15 is 0 Å². The first kappa shape index (κ1) is 20.7. The molecule has 3 unspecified atom stereocenters. The topological polar surface area (TPSA) is 74.5 Å². The first-order chi connectivity index (χ1) is 15.4. The van der Waals surface area contributed by atoms with Crippen LogP contribution >= 0.6 is 0 Å². The van der Waals surface area contributed by atoms with E-state index in [0.29, 0.717) is 11.9 Å². The van der Waals surface area contributed by atoms with Gasteiger partial charge in [0.1, 0.15) is 6.04 Å². The number of hydrogen-bond donors (Lipinski definition) is 1. The van der Waals surface area contributed by atoms with Crippen molar-refractivity contribution in [2.45, 2.75) is 70.5 Å². The van der Waals surface area contributed by atoms with E-state index in [0.717, 1.165) is 43.0 Å². The number of aromatic nitrogens is 2. The summed E-state index contributed by atoms with van der Waals surface area (Å²) in [6, 6.07) is 0.666. The number of fused-ring (bicyclic) bond motifs is 3. The maximum atomic E-state index is 13.1. The molecule has 1 N–H and O–H groups in total. The molecule has 2 saturated heterocycles. The summed E-state index contributed by atoms with van der Waals surface area (Å²) < 4.78 is 21.8. The first-order valence-electron chi connectivity index (χ1n) is 11.9. The second-order valence-corrected chi connectivity index (χ2v) is 12.3. The normalized spacial score (nSPS) is 35.7. The number of nitrogens with one attached hydrogen (secondary N) is 1. The lowest BCUT2D eigenvalue weighted by molar-refractivity contribution is -0.0577. The summed E-state index contributed by atoms with van der Waals surface area (Å²) in [7, 11) is -0.740. The number of rotatable bonds is 4. The molecular weight excluding hydrogens is 422 g/mol. The van der Waals surface area contributed by atoms with E-state index in [1.807, 2.05) is 6.92 Å². The summed E-state index contributed by atoms with van der Waals surface area (Å²) in [6.45, 7) is 6.56. The zero-order valence-electron chi connectivity index (χ0n) is 19.3. The van der Waals surface area contributed by atoms with Crippen LogP contribution in [0.25, 0.3) is 0 Å². The number of allylic oxidation sites excluding steroid dienone is 2. The van der Waals surface area contributed by atoms with Gasteiger partial charge in [-0.05, 0) is 81.1 Å². The Hall–Kier alpha value is -1.90. The summed E-state index contributed by atoms with van der Waals surface area (Å²) in [4.78, 5) is 10.9. The molecule has 0 spiro atoms.